The van der Waals surface area contributed by atoms with Gasteiger partial charge in [-0.3, -0.25) is 0 Å². The summed E-state index contributed by atoms with van der Waals surface area (Å²) in [6.07, 6.45) is 0. The second kappa shape index (κ2) is 12.1. The van der Waals surface area contributed by atoms with E-state index in [1.165, 1.54) is 82.6 Å². The largest absolute Gasteiger partial charge is 0.466 e. The van der Waals surface area contributed by atoms with Crippen LogP contribution in [0, 0.1) is 0 Å². The van der Waals surface area contributed by atoms with E-state index in [1.807, 2.05) is 0 Å². The van der Waals surface area contributed by atoms with Crippen molar-refractivity contribution in [3.05, 3.63) is 156 Å². The van der Waals surface area contributed by atoms with Crippen molar-refractivity contribution < 1.29 is 4.42 Å². The van der Waals surface area contributed by atoms with Crippen molar-refractivity contribution in [1.29, 1.82) is 0 Å². The standard InChI is InChI=1S/C56H50BN3O/c1-54(2,3)33-23-26-37(27-24-33)59-46-31-35(56(7,8)9)30-40-41-32-45-48(38-19-13-15-21-43(38)58(45)36-17-11-10-12-18-36)49-42-29-34(55(4,5)6)25-28-44(42)60(51(41)49)57(50(40)46)53-52(59)39-20-14-16-22-47(39)61-53/h10-32H,1-9H3. The van der Waals surface area contributed by atoms with E-state index in [0.29, 0.717) is 0 Å². The van der Waals surface area contributed by atoms with Crippen LogP contribution in [-0.2, 0) is 16.2 Å². The fraction of sp³-hybridized carbons (Fsp3) is 0.214. The minimum atomic E-state index is -0.195. The first-order valence-electron chi connectivity index (χ1n) is 21.9. The Labute approximate surface area is 358 Å². The van der Waals surface area contributed by atoms with Gasteiger partial charge in [0.25, 0.3) is 0 Å². The van der Waals surface area contributed by atoms with Gasteiger partial charge in [0, 0.05) is 60.6 Å². The lowest BCUT2D eigenvalue weighted by Crippen LogP contribution is -2.56. The molecule has 0 radical (unpaired) electrons. The van der Waals surface area contributed by atoms with E-state index in [9.17, 15) is 0 Å². The molecular formula is C56H50BN3O. The molecule has 0 spiro atoms. The number of benzene rings is 7. The Hall–Kier alpha value is -6.46. The second-order valence-corrected chi connectivity index (χ2v) is 20.6. The van der Waals surface area contributed by atoms with E-state index < -0.39 is 0 Å². The average molecular weight is 792 g/mol. The molecule has 7 aromatic carbocycles. The smallest absolute Gasteiger partial charge is 0.375 e. The number of anilines is 3. The number of aromatic nitrogens is 2. The fourth-order valence-electron chi connectivity index (χ4n) is 10.6. The Bertz CT molecular complexity index is 3470. The van der Waals surface area contributed by atoms with E-state index >= 15 is 0 Å². The molecule has 0 saturated carbocycles. The lowest BCUT2D eigenvalue weighted by atomic mass is 9.47. The Morgan fingerprint density at radius 2 is 1.13 bits per heavy atom. The Kier molecular flexibility index (Phi) is 7.22. The maximum absolute atomic E-state index is 7.26. The third-order valence-corrected chi connectivity index (χ3v) is 13.7. The van der Waals surface area contributed by atoms with Gasteiger partial charge >= 0.3 is 6.85 Å². The van der Waals surface area contributed by atoms with Crippen molar-refractivity contribution in [1.82, 2.24) is 9.05 Å². The van der Waals surface area contributed by atoms with Gasteiger partial charge in [0.05, 0.1) is 16.7 Å². The predicted molar refractivity (Wildman–Crippen MR) is 260 cm³/mol. The minimum Gasteiger partial charge on any atom is -0.466 e. The molecule has 2 aliphatic rings. The average Bonchev–Trinajstić information content (AvgIpc) is 3.89. The lowest BCUT2D eigenvalue weighted by Gasteiger charge is -2.39. The molecule has 0 N–H and O–H groups in total. The van der Waals surface area contributed by atoms with E-state index in [4.69, 9.17) is 4.42 Å². The summed E-state index contributed by atoms with van der Waals surface area (Å²) in [5.74, 6) is 0. The molecule has 0 unspecified atom stereocenters. The molecule has 2 aliphatic heterocycles. The lowest BCUT2D eigenvalue weighted by molar-refractivity contribution is 0.590. The zero-order valence-electron chi connectivity index (χ0n) is 36.6. The van der Waals surface area contributed by atoms with Gasteiger partial charge in [-0.1, -0.05) is 135 Å². The van der Waals surface area contributed by atoms with Crippen molar-refractivity contribution in [2.45, 2.75) is 78.6 Å². The highest BCUT2D eigenvalue weighted by atomic mass is 16.3. The van der Waals surface area contributed by atoms with Crippen LogP contribution < -0.4 is 16.0 Å². The first kappa shape index (κ1) is 36.4. The van der Waals surface area contributed by atoms with Crippen molar-refractivity contribution >= 4 is 89.6 Å². The normalized spacial score (nSPS) is 13.9. The van der Waals surface area contributed by atoms with Crippen LogP contribution in [0.4, 0.5) is 17.1 Å². The molecule has 5 heteroatoms. The van der Waals surface area contributed by atoms with Gasteiger partial charge in [0.2, 0.25) is 0 Å². The topological polar surface area (TPSA) is 26.2 Å². The third-order valence-electron chi connectivity index (χ3n) is 13.7. The highest BCUT2D eigenvalue weighted by Crippen LogP contribution is 2.52. The number of para-hydroxylation sites is 3. The van der Waals surface area contributed by atoms with Gasteiger partial charge in [0.15, 0.2) is 0 Å². The SMILES string of the molecule is CC(C)(C)c1ccc(N2c3cc(C(C)(C)C)cc4c3B(c3oc5ccccc5c32)n2c3ccc(C(C)(C)C)cc3c3c5c6ccccc6n(-c6ccccc6)c5cc-4c32)cc1. The molecule has 0 amide bonds. The van der Waals surface area contributed by atoms with E-state index in [2.05, 4.69) is 216 Å². The maximum Gasteiger partial charge on any atom is 0.375 e. The van der Waals surface area contributed by atoms with Gasteiger partial charge in [-0.15, -0.1) is 0 Å². The van der Waals surface area contributed by atoms with Crippen LogP contribution in [0.1, 0.15) is 79.0 Å². The van der Waals surface area contributed by atoms with Crippen LogP contribution in [0.2, 0.25) is 0 Å². The van der Waals surface area contributed by atoms with Crippen LogP contribution in [0.25, 0.3) is 71.4 Å². The zero-order valence-corrected chi connectivity index (χ0v) is 36.6. The van der Waals surface area contributed by atoms with Gasteiger partial charge in [0.1, 0.15) is 11.2 Å². The molecule has 0 atom stereocenters. The number of nitrogens with zero attached hydrogens (tertiary/aromatic N) is 3. The van der Waals surface area contributed by atoms with Gasteiger partial charge in [-0.05, 0) is 111 Å². The van der Waals surface area contributed by atoms with Gasteiger partial charge in [-0.2, -0.15) is 0 Å². The number of hydrogen-bond donors (Lipinski definition) is 0. The minimum absolute atomic E-state index is 0.0327. The van der Waals surface area contributed by atoms with Crippen LogP contribution in [0.15, 0.2) is 144 Å². The molecule has 0 bridgehead atoms. The molecular weight excluding hydrogens is 741 g/mol. The van der Waals surface area contributed by atoms with Crippen LogP contribution >= 0.6 is 0 Å². The third kappa shape index (κ3) is 5.01. The molecule has 5 heterocycles. The summed E-state index contributed by atoms with van der Waals surface area (Å²) in [7, 11) is 0. The van der Waals surface area contributed by atoms with Crippen molar-refractivity contribution in [2.75, 3.05) is 4.90 Å². The molecule has 0 fully saturated rings. The monoisotopic (exact) mass is 791 g/mol. The maximum atomic E-state index is 7.26. The Balaban J connectivity index is 1.31. The number of fused-ring (bicyclic) bond motifs is 13. The number of rotatable bonds is 2. The molecule has 0 aliphatic carbocycles. The van der Waals surface area contributed by atoms with Crippen molar-refractivity contribution in [2.24, 2.45) is 0 Å². The molecule has 0 saturated heterocycles. The second-order valence-electron chi connectivity index (χ2n) is 20.6. The number of hydrogen-bond acceptors (Lipinski definition) is 2. The summed E-state index contributed by atoms with van der Waals surface area (Å²) in [5.41, 5.74) is 19.1. The fourth-order valence-corrected chi connectivity index (χ4v) is 10.6. The quantitative estimate of drug-likeness (QED) is 0.163. The van der Waals surface area contributed by atoms with Gasteiger partial charge in [-0.25, -0.2) is 0 Å². The van der Waals surface area contributed by atoms with E-state index in [1.54, 1.807) is 0 Å². The highest BCUT2D eigenvalue weighted by molar-refractivity contribution is 6.89. The Morgan fingerprint density at radius 3 is 1.85 bits per heavy atom. The Morgan fingerprint density at radius 1 is 0.475 bits per heavy atom. The van der Waals surface area contributed by atoms with Crippen LogP contribution in [-0.4, -0.2) is 15.9 Å². The van der Waals surface area contributed by atoms with E-state index in [-0.39, 0.29) is 23.1 Å². The van der Waals surface area contributed by atoms with E-state index in [0.717, 1.165) is 33.7 Å². The van der Waals surface area contributed by atoms with Crippen LogP contribution in [0.5, 0.6) is 0 Å². The predicted octanol–water partition coefficient (Wildman–Crippen LogP) is 13.9. The molecule has 12 rings (SSSR count). The summed E-state index contributed by atoms with van der Waals surface area (Å²) in [4.78, 5) is 2.52. The molecule has 298 valence electrons. The highest BCUT2D eigenvalue weighted by Gasteiger charge is 2.47. The molecule has 10 aromatic rings. The summed E-state index contributed by atoms with van der Waals surface area (Å²) in [5, 5.41) is 6.28. The summed E-state index contributed by atoms with van der Waals surface area (Å²) >= 11 is 0. The first-order valence-corrected chi connectivity index (χ1v) is 21.9. The zero-order chi connectivity index (χ0) is 41.9. The molecule has 61 heavy (non-hydrogen) atoms. The van der Waals surface area contributed by atoms with Crippen LogP contribution in [0.3, 0.4) is 0 Å². The molecule has 3 aromatic heterocycles. The van der Waals surface area contributed by atoms with Crippen molar-refractivity contribution in [3.8, 4) is 16.8 Å². The molecule has 4 nitrogen and oxygen atoms in total. The summed E-state index contributed by atoms with van der Waals surface area (Å²) in [6.45, 7) is 20.7. The summed E-state index contributed by atoms with van der Waals surface area (Å²) in [6, 6.07) is 52.6. The van der Waals surface area contributed by atoms with Crippen molar-refractivity contribution in [3.63, 3.8) is 0 Å². The van der Waals surface area contributed by atoms with Gasteiger partial charge < -0.3 is 18.4 Å². The summed E-state index contributed by atoms with van der Waals surface area (Å²) < 4.78 is 12.4. The number of furan rings is 1. The first-order chi connectivity index (χ1) is 29.2.